The molecule has 2 aliphatic rings. The number of amides is 1. The van der Waals surface area contributed by atoms with E-state index in [-0.39, 0.29) is 11.9 Å². The number of morpholine rings is 1. The Morgan fingerprint density at radius 1 is 1.38 bits per heavy atom. The number of ether oxygens (including phenoxy) is 1. The Kier molecular flexibility index (Phi) is 4.07. The topological polar surface area (TPSA) is 76.6 Å². The van der Waals surface area contributed by atoms with Crippen molar-refractivity contribution in [3.63, 3.8) is 0 Å². The number of rotatable bonds is 3. The molecule has 4 rings (SSSR count). The minimum atomic E-state index is -0.296. The fraction of sp³-hybridized carbons (Fsp3) is 0.562. The highest BCUT2D eigenvalue weighted by molar-refractivity contribution is 5.81. The van der Waals surface area contributed by atoms with Crippen LogP contribution < -0.4 is 0 Å². The zero-order valence-corrected chi connectivity index (χ0v) is 13.7. The smallest absolute Gasteiger partial charge is 0.248 e. The van der Waals surface area contributed by atoms with E-state index >= 15 is 0 Å². The lowest BCUT2D eigenvalue weighted by atomic mass is 10.1. The molecule has 0 spiro atoms. The molecule has 2 aromatic heterocycles. The van der Waals surface area contributed by atoms with E-state index in [4.69, 9.17) is 9.26 Å². The minimum Gasteiger partial charge on any atom is -0.378 e. The maximum Gasteiger partial charge on any atom is 0.248 e. The van der Waals surface area contributed by atoms with Crippen molar-refractivity contribution >= 4 is 5.91 Å². The number of fused-ring (bicyclic) bond motifs is 1. The van der Waals surface area contributed by atoms with Gasteiger partial charge in [0.15, 0.2) is 0 Å². The van der Waals surface area contributed by atoms with Crippen molar-refractivity contribution in [2.24, 2.45) is 0 Å². The quantitative estimate of drug-likeness (QED) is 0.819. The van der Waals surface area contributed by atoms with Crippen molar-refractivity contribution < 1.29 is 14.1 Å². The summed E-state index contributed by atoms with van der Waals surface area (Å²) in [7, 11) is 0. The van der Waals surface area contributed by atoms with Crippen LogP contribution in [0.3, 0.4) is 0 Å². The standard InChI is InChI=1S/C16H21N5O3/c1-12-8-13(18-24-12)9-19-10-14-2-3-17-21(14)15(11-19)16(22)20-4-6-23-7-5-20/h2-3,8,15H,4-7,9-11H2,1H3/t15-/m0/s1. The Bertz CT molecular complexity index is 719. The predicted octanol–water partition coefficient (Wildman–Crippen LogP) is 0.595. The van der Waals surface area contributed by atoms with Gasteiger partial charge in [-0.25, -0.2) is 0 Å². The molecule has 0 unspecified atom stereocenters. The van der Waals surface area contributed by atoms with Gasteiger partial charge in [0, 0.05) is 45.0 Å². The maximum atomic E-state index is 13.0. The SMILES string of the molecule is Cc1cc(CN2Cc3ccnn3[C@H](C(=O)N3CCOCC3)C2)no1. The van der Waals surface area contributed by atoms with E-state index < -0.39 is 0 Å². The summed E-state index contributed by atoms with van der Waals surface area (Å²) < 4.78 is 12.4. The van der Waals surface area contributed by atoms with E-state index in [2.05, 4.69) is 15.2 Å². The summed E-state index contributed by atoms with van der Waals surface area (Å²) in [5, 5.41) is 8.44. The number of aromatic nitrogens is 3. The van der Waals surface area contributed by atoms with E-state index in [9.17, 15) is 4.79 Å². The number of carbonyl (C=O) groups excluding carboxylic acids is 1. The fourth-order valence-electron chi connectivity index (χ4n) is 3.38. The normalized spacial score (nSPS) is 21.7. The lowest BCUT2D eigenvalue weighted by Gasteiger charge is -2.36. The van der Waals surface area contributed by atoms with Crippen LogP contribution in [0.4, 0.5) is 0 Å². The van der Waals surface area contributed by atoms with E-state index in [0.29, 0.717) is 39.4 Å². The number of hydrogen-bond acceptors (Lipinski definition) is 6. The molecule has 0 N–H and O–H groups in total. The molecule has 2 aromatic rings. The second kappa shape index (κ2) is 6.37. The first kappa shape index (κ1) is 15.3. The van der Waals surface area contributed by atoms with Crippen LogP contribution in [-0.4, -0.2) is 63.5 Å². The zero-order chi connectivity index (χ0) is 16.5. The molecule has 4 heterocycles. The fourth-order valence-corrected chi connectivity index (χ4v) is 3.38. The van der Waals surface area contributed by atoms with Crippen LogP contribution in [0.5, 0.6) is 0 Å². The van der Waals surface area contributed by atoms with Gasteiger partial charge in [0.05, 0.1) is 24.6 Å². The Morgan fingerprint density at radius 3 is 2.96 bits per heavy atom. The number of aryl methyl sites for hydroxylation is 1. The maximum absolute atomic E-state index is 13.0. The summed E-state index contributed by atoms with van der Waals surface area (Å²) in [4.78, 5) is 17.1. The van der Waals surface area contributed by atoms with Crippen LogP contribution in [0.25, 0.3) is 0 Å². The summed E-state index contributed by atoms with van der Waals surface area (Å²) in [6, 6.07) is 3.61. The molecule has 0 saturated carbocycles. The van der Waals surface area contributed by atoms with Crippen molar-refractivity contribution in [2.45, 2.75) is 26.1 Å². The third kappa shape index (κ3) is 2.94. The van der Waals surface area contributed by atoms with Crippen molar-refractivity contribution in [1.82, 2.24) is 24.7 Å². The first-order chi connectivity index (χ1) is 11.7. The van der Waals surface area contributed by atoms with Gasteiger partial charge in [-0.1, -0.05) is 5.16 Å². The molecule has 1 atom stereocenters. The molecule has 0 radical (unpaired) electrons. The molecule has 1 amide bonds. The molecule has 0 aliphatic carbocycles. The van der Waals surface area contributed by atoms with E-state index in [0.717, 1.165) is 23.7 Å². The van der Waals surface area contributed by atoms with Gasteiger partial charge in [-0.2, -0.15) is 5.10 Å². The Balaban J connectivity index is 1.53. The monoisotopic (exact) mass is 331 g/mol. The Morgan fingerprint density at radius 2 is 2.21 bits per heavy atom. The molecule has 8 nitrogen and oxygen atoms in total. The van der Waals surface area contributed by atoms with Crippen LogP contribution in [0.2, 0.25) is 0 Å². The van der Waals surface area contributed by atoms with Gasteiger partial charge >= 0.3 is 0 Å². The predicted molar refractivity (Wildman–Crippen MR) is 84.0 cm³/mol. The molecular weight excluding hydrogens is 310 g/mol. The summed E-state index contributed by atoms with van der Waals surface area (Å²) >= 11 is 0. The number of hydrogen-bond donors (Lipinski definition) is 0. The average molecular weight is 331 g/mol. The van der Waals surface area contributed by atoms with Gasteiger partial charge in [-0.05, 0) is 13.0 Å². The molecule has 0 aromatic carbocycles. The first-order valence-corrected chi connectivity index (χ1v) is 8.24. The first-order valence-electron chi connectivity index (χ1n) is 8.24. The van der Waals surface area contributed by atoms with Crippen molar-refractivity contribution in [2.75, 3.05) is 32.8 Å². The summed E-state index contributed by atoms with van der Waals surface area (Å²) in [5.74, 6) is 0.914. The summed E-state index contributed by atoms with van der Waals surface area (Å²) in [5.41, 5.74) is 1.94. The van der Waals surface area contributed by atoms with E-state index in [1.54, 1.807) is 6.20 Å². The van der Waals surface area contributed by atoms with Gasteiger partial charge in [0.1, 0.15) is 11.8 Å². The second-order valence-corrected chi connectivity index (χ2v) is 6.32. The Hall–Kier alpha value is -2.19. The highest BCUT2D eigenvalue weighted by Crippen LogP contribution is 2.24. The molecular formula is C16H21N5O3. The molecule has 0 bridgehead atoms. The van der Waals surface area contributed by atoms with Crippen LogP contribution in [0.15, 0.2) is 22.9 Å². The van der Waals surface area contributed by atoms with Gasteiger partial charge in [-0.3, -0.25) is 14.4 Å². The van der Waals surface area contributed by atoms with Crippen LogP contribution >= 0.6 is 0 Å². The minimum absolute atomic E-state index is 0.115. The van der Waals surface area contributed by atoms with Crippen LogP contribution in [-0.2, 0) is 22.6 Å². The van der Waals surface area contributed by atoms with E-state index in [1.807, 2.05) is 28.6 Å². The average Bonchev–Trinajstić information content (AvgIpc) is 3.23. The van der Waals surface area contributed by atoms with E-state index in [1.165, 1.54) is 0 Å². The van der Waals surface area contributed by atoms with Crippen molar-refractivity contribution in [3.8, 4) is 0 Å². The van der Waals surface area contributed by atoms with Gasteiger partial charge < -0.3 is 14.2 Å². The number of nitrogens with zero attached hydrogens (tertiary/aromatic N) is 5. The van der Waals surface area contributed by atoms with Crippen LogP contribution in [0.1, 0.15) is 23.2 Å². The Labute approximate surface area is 139 Å². The third-order valence-electron chi connectivity index (χ3n) is 4.53. The summed E-state index contributed by atoms with van der Waals surface area (Å²) in [6.07, 6.45) is 1.76. The zero-order valence-electron chi connectivity index (χ0n) is 13.7. The number of carbonyl (C=O) groups is 1. The van der Waals surface area contributed by atoms with Gasteiger partial charge in [0.25, 0.3) is 0 Å². The van der Waals surface area contributed by atoms with Crippen molar-refractivity contribution in [1.29, 1.82) is 0 Å². The lowest BCUT2D eigenvalue weighted by Crippen LogP contribution is -2.49. The summed E-state index contributed by atoms with van der Waals surface area (Å²) in [6.45, 7) is 6.42. The molecule has 128 valence electrons. The largest absolute Gasteiger partial charge is 0.378 e. The third-order valence-corrected chi connectivity index (χ3v) is 4.53. The molecule has 1 fully saturated rings. The second-order valence-electron chi connectivity index (χ2n) is 6.32. The van der Waals surface area contributed by atoms with Gasteiger partial charge in [0.2, 0.25) is 5.91 Å². The van der Waals surface area contributed by atoms with Crippen molar-refractivity contribution in [3.05, 3.63) is 35.5 Å². The van der Waals surface area contributed by atoms with Crippen LogP contribution in [0, 0.1) is 6.92 Å². The lowest BCUT2D eigenvalue weighted by molar-refractivity contribution is -0.140. The van der Waals surface area contributed by atoms with Gasteiger partial charge in [-0.15, -0.1) is 0 Å². The molecule has 1 saturated heterocycles. The molecule has 8 heteroatoms. The highest BCUT2D eigenvalue weighted by atomic mass is 16.5. The highest BCUT2D eigenvalue weighted by Gasteiger charge is 2.34. The molecule has 24 heavy (non-hydrogen) atoms. The molecule has 2 aliphatic heterocycles.